The number of carbonyl (C=O) groups excluding carboxylic acids is 1. The average Bonchev–Trinajstić information content (AvgIpc) is 2.19. The molecule has 14 heavy (non-hydrogen) atoms. The summed E-state index contributed by atoms with van der Waals surface area (Å²) in [4.78, 5) is 13.0. The number of aldehydes is 1. The van der Waals surface area contributed by atoms with Crippen LogP contribution in [0.15, 0.2) is 30.3 Å². The van der Waals surface area contributed by atoms with Gasteiger partial charge in [-0.25, -0.2) is 0 Å². The Labute approximate surface area is 85.5 Å². The van der Waals surface area contributed by atoms with E-state index in [1.54, 1.807) is 0 Å². The summed E-state index contributed by atoms with van der Waals surface area (Å²) in [5, 5.41) is 0. The van der Waals surface area contributed by atoms with Crippen molar-refractivity contribution in [3.05, 3.63) is 35.9 Å². The predicted octanol–water partition coefficient (Wildman–Crippen LogP) is 1.75. The van der Waals surface area contributed by atoms with Gasteiger partial charge in [-0.3, -0.25) is 4.90 Å². The van der Waals surface area contributed by atoms with Crippen molar-refractivity contribution in [1.29, 1.82) is 0 Å². The van der Waals surface area contributed by atoms with Crippen molar-refractivity contribution in [2.24, 2.45) is 0 Å². The SMILES string of the molecule is CN(C)[C@](C)(C=O)Cc1ccccc1. The summed E-state index contributed by atoms with van der Waals surface area (Å²) in [6.45, 7) is 1.95. The number of benzene rings is 1. The molecule has 0 bridgehead atoms. The summed E-state index contributed by atoms with van der Waals surface area (Å²) >= 11 is 0. The normalized spacial score (nSPS) is 15.1. The first kappa shape index (κ1) is 10.9. The molecule has 0 aromatic heterocycles. The molecule has 2 nitrogen and oxygen atoms in total. The van der Waals surface area contributed by atoms with E-state index in [9.17, 15) is 4.79 Å². The van der Waals surface area contributed by atoms with E-state index in [0.29, 0.717) is 0 Å². The van der Waals surface area contributed by atoms with Crippen LogP contribution in [0.25, 0.3) is 0 Å². The minimum Gasteiger partial charge on any atom is -0.301 e. The molecule has 0 radical (unpaired) electrons. The lowest BCUT2D eigenvalue weighted by Crippen LogP contribution is -2.44. The highest BCUT2D eigenvalue weighted by molar-refractivity contribution is 5.64. The third kappa shape index (κ3) is 2.42. The monoisotopic (exact) mass is 191 g/mol. The van der Waals surface area contributed by atoms with Crippen LogP contribution in [0.1, 0.15) is 12.5 Å². The van der Waals surface area contributed by atoms with E-state index in [0.717, 1.165) is 12.7 Å². The second-order valence-electron chi connectivity index (χ2n) is 4.03. The van der Waals surface area contributed by atoms with Crippen molar-refractivity contribution in [2.45, 2.75) is 18.9 Å². The highest BCUT2D eigenvalue weighted by Gasteiger charge is 2.26. The number of carbonyl (C=O) groups is 1. The van der Waals surface area contributed by atoms with Crippen molar-refractivity contribution in [3.63, 3.8) is 0 Å². The number of rotatable bonds is 4. The Morgan fingerprint density at radius 2 is 1.86 bits per heavy atom. The summed E-state index contributed by atoms with van der Waals surface area (Å²) < 4.78 is 0. The number of hydrogen-bond acceptors (Lipinski definition) is 2. The van der Waals surface area contributed by atoms with Gasteiger partial charge in [-0.1, -0.05) is 30.3 Å². The Hall–Kier alpha value is -1.15. The van der Waals surface area contributed by atoms with Crippen molar-refractivity contribution < 1.29 is 4.79 Å². The van der Waals surface area contributed by atoms with Gasteiger partial charge < -0.3 is 4.79 Å². The Morgan fingerprint density at radius 3 is 2.29 bits per heavy atom. The molecule has 0 aliphatic heterocycles. The molecule has 0 saturated heterocycles. The van der Waals surface area contributed by atoms with Gasteiger partial charge in [-0.2, -0.15) is 0 Å². The molecule has 0 aliphatic carbocycles. The fourth-order valence-electron chi connectivity index (χ4n) is 1.31. The second kappa shape index (κ2) is 4.38. The molecule has 76 valence electrons. The van der Waals surface area contributed by atoms with Crippen LogP contribution in [0, 0.1) is 0 Å². The first-order valence-corrected chi connectivity index (χ1v) is 4.76. The van der Waals surface area contributed by atoms with Gasteiger partial charge in [-0.15, -0.1) is 0 Å². The zero-order valence-corrected chi connectivity index (χ0v) is 9.03. The van der Waals surface area contributed by atoms with Gasteiger partial charge in [-0.05, 0) is 33.0 Å². The van der Waals surface area contributed by atoms with Crippen molar-refractivity contribution >= 4 is 6.29 Å². The molecule has 0 aliphatic rings. The van der Waals surface area contributed by atoms with E-state index in [1.807, 2.05) is 56.3 Å². The lowest BCUT2D eigenvalue weighted by Gasteiger charge is -2.30. The van der Waals surface area contributed by atoms with Gasteiger partial charge >= 0.3 is 0 Å². The molecule has 0 unspecified atom stereocenters. The van der Waals surface area contributed by atoms with Crippen LogP contribution in [0.5, 0.6) is 0 Å². The van der Waals surface area contributed by atoms with Crippen LogP contribution < -0.4 is 0 Å². The molecule has 0 fully saturated rings. The van der Waals surface area contributed by atoms with Crippen LogP contribution >= 0.6 is 0 Å². The van der Waals surface area contributed by atoms with Gasteiger partial charge in [0.1, 0.15) is 6.29 Å². The second-order valence-corrected chi connectivity index (χ2v) is 4.03. The van der Waals surface area contributed by atoms with Crippen LogP contribution in [0.3, 0.4) is 0 Å². The zero-order chi connectivity index (χ0) is 10.6. The highest BCUT2D eigenvalue weighted by atomic mass is 16.1. The first-order chi connectivity index (χ1) is 6.58. The summed E-state index contributed by atoms with van der Waals surface area (Å²) in [6.07, 6.45) is 1.77. The molecule has 0 spiro atoms. The molecule has 0 heterocycles. The van der Waals surface area contributed by atoms with Crippen LogP contribution in [-0.2, 0) is 11.2 Å². The standard InChI is InChI=1S/C12H17NO/c1-12(10-14,13(2)3)9-11-7-5-4-6-8-11/h4-8,10H,9H2,1-3H3/t12-/m0/s1. The minimum atomic E-state index is -0.401. The molecule has 1 aromatic carbocycles. The van der Waals surface area contributed by atoms with Gasteiger partial charge in [0, 0.05) is 0 Å². The lowest BCUT2D eigenvalue weighted by atomic mass is 9.93. The third-order valence-corrected chi connectivity index (χ3v) is 2.68. The number of hydrogen-bond donors (Lipinski definition) is 0. The molecule has 0 N–H and O–H groups in total. The van der Waals surface area contributed by atoms with Crippen molar-refractivity contribution in [3.8, 4) is 0 Å². The Kier molecular flexibility index (Phi) is 3.42. The highest BCUT2D eigenvalue weighted by Crippen LogP contribution is 2.15. The maximum Gasteiger partial charge on any atom is 0.140 e. The van der Waals surface area contributed by atoms with Gasteiger partial charge in [0.15, 0.2) is 0 Å². The maximum atomic E-state index is 11.0. The largest absolute Gasteiger partial charge is 0.301 e. The molecule has 2 heteroatoms. The predicted molar refractivity (Wildman–Crippen MR) is 58.3 cm³/mol. The van der Waals surface area contributed by atoms with Crippen molar-refractivity contribution in [2.75, 3.05) is 14.1 Å². The fraction of sp³-hybridized carbons (Fsp3) is 0.417. The molecule has 1 aromatic rings. The Balaban J connectivity index is 2.81. The molecule has 1 rings (SSSR count). The van der Waals surface area contributed by atoms with E-state index in [4.69, 9.17) is 0 Å². The fourth-order valence-corrected chi connectivity index (χ4v) is 1.31. The van der Waals surface area contributed by atoms with Crippen LogP contribution in [0.2, 0.25) is 0 Å². The zero-order valence-electron chi connectivity index (χ0n) is 9.03. The third-order valence-electron chi connectivity index (χ3n) is 2.68. The van der Waals surface area contributed by atoms with E-state index in [-0.39, 0.29) is 0 Å². The Bertz CT molecular complexity index is 294. The van der Waals surface area contributed by atoms with Gasteiger partial charge in [0.2, 0.25) is 0 Å². The molecular weight excluding hydrogens is 174 g/mol. The molecule has 0 amide bonds. The van der Waals surface area contributed by atoms with Crippen LogP contribution in [-0.4, -0.2) is 30.8 Å². The number of likely N-dealkylation sites (N-methyl/N-ethyl adjacent to an activating group) is 1. The van der Waals surface area contributed by atoms with E-state index in [2.05, 4.69) is 0 Å². The number of nitrogens with zero attached hydrogens (tertiary/aromatic N) is 1. The maximum absolute atomic E-state index is 11.0. The first-order valence-electron chi connectivity index (χ1n) is 4.76. The topological polar surface area (TPSA) is 20.3 Å². The smallest absolute Gasteiger partial charge is 0.140 e. The minimum absolute atomic E-state index is 0.401. The molecule has 0 saturated carbocycles. The van der Waals surface area contributed by atoms with Crippen LogP contribution in [0.4, 0.5) is 0 Å². The summed E-state index contributed by atoms with van der Waals surface area (Å²) in [7, 11) is 3.86. The van der Waals surface area contributed by atoms with E-state index >= 15 is 0 Å². The van der Waals surface area contributed by atoms with Gasteiger partial charge in [0.05, 0.1) is 5.54 Å². The summed E-state index contributed by atoms with van der Waals surface area (Å²) in [5.41, 5.74) is 0.789. The summed E-state index contributed by atoms with van der Waals surface area (Å²) in [5.74, 6) is 0. The van der Waals surface area contributed by atoms with E-state index in [1.165, 1.54) is 5.56 Å². The summed E-state index contributed by atoms with van der Waals surface area (Å²) in [6, 6.07) is 10.1. The average molecular weight is 191 g/mol. The van der Waals surface area contributed by atoms with E-state index < -0.39 is 5.54 Å². The van der Waals surface area contributed by atoms with Gasteiger partial charge in [0.25, 0.3) is 0 Å². The lowest BCUT2D eigenvalue weighted by molar-refractivity contribution is -0.116. The van der Waals surface area contributed by atoms with Crippen molar-refractivity contribution in [1.82, 2.24) is 4.90 Å². The molecular formula is C12H17NO. The Morgan fingerprint density at radius 1 is 1.29 bits per heavy atom. The quantitative estimate of drug-likeness (QED) is 0.676. The molecule has 1 atom stereocenters.